The first-order valence-electron chi connectivity index (χ1n) is 3.50. The molecule has 0 aromatic heterocycles. The first-order chi connectivity index (χ1) is 6.11. The summed E-state index contributed by atoms with van der Waals surface area (Å²) in [5, 5.41) is 16.9. The average molecular weight is 179 g/mol. The van der Waals surface area contributed by atoms with Crippen LogP contribution in [0.5, 0.6) is 0 Å². The molecular formula is C9H6FNO2. The third-order valence-corrected chi connectivity index (χ3v) is 1.62. The molecule has 1 aromatic carbocycles. The van der Waals surface area contributed by atoms with Crippen LogP contribution in [0.25, 0.3) is 0 Å². The average Bonchev–Trinajstić information content (AvgIpc) is 2.17. The van der Waals surface area contributed by atoms with Gasteiger partial charge >= 0.3 is 11.6 Å². The second-order valence-corrected chi connectivity index (χ2v) is 2.44. The molecule has 4 heteroatoms. The Morgan fingerprint density at radius 1 is 1.46 bits per heavy atom. The van der Waals surface area contributed by atoms with Gasteiger partial charge < -0.3 is 5.11 Å². The fourth-order valence-electron chi connectivity index (χ4n) is 0.904. The number of nitrogens with zero attached hydrogens (tertiary/aromatic N) is 1. The summed E-state index contributed by atoms with van der Waals surface area (Å²) in [5.74, 6) is -1.79. The van der Waals surface area contributed by atoms with Crippen LogP contribution in [0.3, 0.4) is 0 Å². The summed E-state index contributed by atoms with van der Waals surface area (Å²) in [6.07, 6.45) is 0. The van der Waals surface area contributed by atoms with E-state index < -0.39 is 11.6 Å². The van der Waals surface area contributed by atoms with Crippen molar-refractivity contribution in [2.24, 2.45) is 0 Å². The molecule has 0 aliphatic heterocycles. The molecule has 0 unspecified atom stereocenters. The molecule has 1 N–H and O–H groups in total. The van der Waals surface area contributed by atoms with Crippen molar-refractivity contribution in [2.75, 3.05) is 0 Å². The summed E-state index contributed by atoms with van der Waals surface area (Å²) in [7, 11) is 0. The predicted molar refractivity (Wildman–Crippen MR) is 42.5 cm³/mol. The molecule has 0 aliphatic rings. The van der Waals surface area contributed by atoms with E-state index in [1.807, 2.05) is 0 Å². The Bertz CT molecular complexity index is 358. The summed E-state index contributed by atoms with van der Waals surface area (Å²) in [5.41, 5.74) is -3.11. The fraction of sp³-hybridized carbons (Fsp3) is 0.111. The molecule has 66 valence electrons. The van der Waals surface area contributed by atoms with Crippen LogP contribution < -0.4 is 0 Å². The lowest BCUT2D eigenvalue weighted by Crippen LogP contribution is -2.28. The highest BCUT2D eigenvalue weighted by atomic mass is 19.1. The van der Waals surface area contributed by atoms with Crippen LogP contribution in [0.2, 0.25) is 0 Å². The van der Waals surface area contributed by atoms with E-state index in [4.69, 9.17) is 10.4 Å². The minimum absolute atomic E-state index is 0.162. The molecule has 0 fully saturated rings. The van der Waals surface area contributed by atoms with Gasteiger partial charge in [-0.25, -0.2) is 9.18 Å². The third-order valence-electron chi connectivity index (χ3n) is 1.62. The lowest BCUT2D eigenvalue weighted by molar-refractivity contribution is -0.147. The Morgan fingerprint density at radius 3 is 2.38 bits per heavy atom. The number of hydrogen-bond acceptors (Lipinski definition) is 2. The predicted octanol–water partition coefficient (Wildman–Crippen LogP) is 1.46. The largest absolute Gasteiger partial charge is 0.478 e. The SMILES string of the molecule is N#C[C@@](F)(C(=O)O)c1ccccc1. The normalized spacial score (nSPS) is 14.2. The highest BCUT2D eigenvalue weighted by Crippen LogP contribution is 2.24. The van der Waals surface area contributed by atoms with Crippen LogP contribution in [-0.2, 0) is 10.5 Å². The van der Waals surface area contributed by atoms with Gasteiger partial charge in [-0.15, -0.1) is 0 Å². The Hall–Kier alpha value is -1.89. The van der Waals surface area contributed by atoms with Gasteiger partial charge in [0.2, 0.25) is 0 Å². The monoisotopic (exact) mass is 179 g/mol. The van der Waals surface area contributed by atoms with Crippen molar-refractivity contribution < 1.29 is 14.3 Å². The number of carboxylic acids is 1. The Kier molecular flexibility index (Phi) is 2.29. The van der Waals surface area contributed by atoms with Crippen LogP contribution in [0.15, 0.2) is 30.3 Å². The van der Waals surface area contributed by atoms with Gasteiger partial charge in [0.05, 0.1) is 0 Å². The van der Waals surface area contributed by atoms with Gasteiger partial charge in [-0.3, -0.25) is 0 Å². The van der Waals surface area contributed by atoms with E-state index in [1.165, 1.54) is 24.3 Å². The first-order valence-corrected chi connectivity index (χ1v) is 3.50. The van der Waals surface area contributed by atoms with Crippen molar-refractivity contribution in [3.8, 4) is 6.07 Å². The number of carbonyl (C=O) groups is 1. The number of alkyl halides is 1. The van der Waals surface area contributed by atoms with Crippen LogP contribution in [0.4, 0.5) is 4.39 Å². The number of nitriles is 1. The lowest BCUT2D eigenvalue weighted by Gasteiger charge is -2.11. The Balaban J connectivity index is 3.21. The molecule has 1 atom stereocenters. The molecule has 0 bridgehead atoms. The van der Waals surface area contributed by atoms with Crippen molar-refractivity contribution in [3.05, 3.63) is 35.9 Å². The smallest absolute Gasteiger partial charge is 0.361 e. The van der Waals surface area contributed by atoms with Gasteiger partial charge in [0, 0.05) is 5.56 Å². The summed E-state index contributed by atoms with van der Waals surface area (Å²) in [6.45, 7) is 0. The number of carboxylic acid groups (broad SMARTS) is 1. The fourth-order valence-corrected chi connectivity index (χ4v) is 0.904. The minimum atomic E-state index is -2.94. The number of aliphatic carboxylic acids is 1. The van der Waals surface area contributed by atoms with E-state index in [0.29, 0.717) is 0 Å². The summed E-state index contributed by atoms with van der Waals surface area (Å²) in [4.78, 5) is 10.5. The van der Waals surface area contributed by atoms with E-state index in [2.05, 4.69) is 0 Å². The van der Waals surface area contributed by atoms with Gasteiger partial charge in [-0.05, 0) is 0 Å². The molecule has 0 saturated carbocycles. The maximum Gasteiger partial charge on any atom is 0.361 e. The zero-order chi connectivity index (χ0) is 9.90. The van der Waals surface area contributed by atoms with E-state index in [9.17, 15) is 9.18 Å². The minimum Gasteiger partial charge on any atom is -0.478 e. The van der Waals surface area contributed by atoms with E-state index in [1.54, 1.807) is 6.07 Å². The van der Waals surface area contributed by atoms with Crippen molar-refractivity contribution in [1.29, 1.82) is 5.26 Å². The molecule has 1 rings (SSSR count). The highest BCUT2D eigenvalue weighted by Gasteiger charge is 2.40. The molecule has 0 radical (unpaired) electrons. The molecule has 3 nitrogen and oxygen atoms in total. The second-order valence-electron chi connectivity index (χ2n) is 2.44. The number of hydrogen-bond donors (Lipinski definition) is 1. The lowest BCUT2D eigenvalue weighted by atomic mass is 9.98. The van der Waals surface area contributed by atoms with E-state index >= 15 is 0 Å². The standard InChI is InChI=1S/C9H6FNO2/c10-9(6-11,8(12)13)7-4-2-1-3-5-7/h1-5H,(H,12,13)/t9-/m0/s1. The van der Waals surface area contributed by atoms with Crippen LogP contribution in [0.1, 0.15) is 5.56 Å². The topological polar surface area (TPSA) is 61.1 Å². The Morgan fingerprint density at radius 2 is 2.00 bits per heavy atom. The van der Waals surface area contributed by atoms with E-state index in [0.717, 1.165) is 6.07 Å². The number of benzene rings is 1. The highest BCUT2D eigenvalue weighted by molar-refractivity contribution is 5.82. The van der Waals surface area contributed by atoms with Crippen molar-refractivity contribution in [3.63, 3.8) is 0 Å². The Labute approximate surface area is 74.0 Å². The molecule has 0 aliphatic carbocycles. The van der Waals surface area contributed by atoms with Crippen molar-refractivity contribution in [1.82, 2.24) is 0 Å². The molecular weight excluding hydrogens is 173 g/mol. The van der Waals surface area contributed by atoms with Crippen molar-refractivity contribution >= 4 is 5.97 Å². The van der Waals surface area contributed by atoms with Crippen molar-refractivity contribution in [2.45, 2.75) is 5.67 Å². The van der Waals surface area contributed by atoms with Gasteiger partial charge in [-0.2, -0.15) is 5.26 Å². The molecule has 1 aromatic rings. The van der Waals surface area contributed by atoms with Gasteiger partial charge in [0.25, 0.3) is 0 Å². The number of halogens is 1. The third kappa shape index (κ3) is 1.49. The zero-order valence-electron chi connectivity index (χ0n) is 6.57. The first kappa shape index (κ1) is 9.20. The quantitative estimate of drug-likeness (QED) is 0.747. The summed E-state index contributed by atoms with van der Waals surface area (Å²) < 4.78 is 13.4. The van der Waals surface area contributed by atoms with Crippen LogP contribution >= 0.6 is 0 Å². The van der Waals surface area contributed by atoms with Crippen LogP contribution in [-0.4, -0.2) is 11.1 Å². The summed E-state index contributed by atoms with van der Waals surface area (Å²) >= 11 is 0. The second kappa shape index (κ2) is 3.23. The zero-order valence-corrected chi connectivity index (χ0v) is 6.57. The molecule has 0 amide bonds. The molecule has 0 saturated heterocycles. The molecule has 0 heterocycles. The maximum absolute atomic E-state index is 13.4. The molecule has 0 spiro atoms. The van der Waals surface area contributed by atoms with Gasteiger partial charge in [0.1, 0.15) is 6.07 Å². The number of rotatable bonds is 2. The van der Waals surface area contributed by atoms with Gasteiger partial charge in [-0.1, -0.05) is 30.3 Å². The van der Waals surface area contributed by atoms with Crippen LogP contribution in [0, 0.1) is 11.3 Å². The molecule has 13 heavy (non-hydrogen) atoms. The maximum atomic E-state index is 13.4. The van der Waals surface area contributed by atoms with Gasteiger partial charge in [0.15, 0.2) is 0 Å². The summed E-state index contributed by atoms with van der Waals surface area (Å²) in [6, 6.07) is 8.22. The van der Waals surface area contributed by atoms with E-state index in [-0.39, 0.29) is 5.56 Å².